The number of pyridine rings is 1. The van der Waals surface area contributed by atoms with Gasteiger partial charge in [-0.05, 0) is 18.1 Å². The first-order valence-corrected chi connectivity index (χ1v) is 6.15. The summed E-state index contributed by atoms with van der Waals surface area (Å²) in [7, 11) is 0. The summed E-state index contributed by atoms with van der Waals surface area (Å²) in [5, 5.41) is 2.72. The van der Waals surface area contributed by atoms with Crippen LogP contribution in [0.15, 0.2) is 30.9 Å². The van der Waals surface area contributed by atoms with E-state index in [-0.39, 0.29) is 11.8 Å². The number of rotatable bonds is 4. The van der Waals surface area contributed by atoms with E-state index in [1.54, 1.807) is 12.1 Å². The molecule has 0 spiro atoms. The van der Waals surface area contributed by atoms with Crippen LogP contribution in [0.25, 0.3) is 0 Å². The van der Waals surface area contributed by atoms with E-state index < -0.39 is 0 Å². The lowest BCUT2D eigenvalue weighted by molar-refractivity contribution is 0.102. The molecule has 0 atom stereocenters. The Hall–Kier alpha value is -2.54. The quantitative estimate of drug-likeness (QED) is 0.575. The zero-order valence-corrected chi connectivity index (χ0v) is 11.3. The van der Waals surface area contributed by atoms with Gasteiger partial charge in [0.1, 0.15) is 12.1 Å². The minimum absolute atomic E-state index is 0.190. The van der Waals surface area contributed by atoms with Crippen LogP contribution in [0.1, 0.15) is 35.8 Å². The molecule has 1 amide bonds. The van der Waals surface area contributed by atoms with Crippen molar-refractivity contribution in [2.45, 2.75) is 19.8 Å². The van der Waals surface area contributed by atoms with Crippen LogP contribution in [0.4, 0.5) is 11.5 Å². The van der Waals surface area contributed by atoms with Crippen molar-refractivity contribution in [2.75, 3.05) is 10.7 Å². The van der Waals surface area contributed by atoms with Crippen LogP contribution in [0.2, 0.25) is 0 Å². The molecule has 2 heterocycles. The van der Waals surface area contributed by atoms with E-state index in [4.69, 9.17) is 5.84 Å². The number of nitrogen functional groups attached to an aromatic ring is 1. The maximum atomic E-state index is 12.2. The smallest absolute Gasteiger partial charge is 0.255 e. The number of nitrogens with two attached hydrogens (primary N) is 1. The van der Waals surface area contributed by atoms with Crippen molar-refractivity contribution in [1.29, 1.82) is 0 Å². The standard InChI is InChI=1S/C13H16N6O/c1-8(2)11-3-9(4-12(18-11)19-14)13(20)17-10-5-15-7-16-6-10/h3-8H,14H2,1-2H3,(H,17,20)(H,18,19). The molecule has 2 rings (SSSR count). The van der Waals surface area contributed by atoms with Gasteiger partial charge >= 0.3 is 0 Å². The van der Waals surface area contributed by atoms with E-state index in [9.17, 15) is 4.79 Å². The zero-order valence-electron chi connectivity index (χ0n) is 11.3. The molecule has 0 unspecified atom stereocenters. The number of nitrogens with one attached hydrogen (secondary N) is 2. The van der Waals surface area contributed by atoms with Gasteiger partial charge in [0.15, 0.2) is 0 Å². The topological polar surface area (TPSA) is 106 Å². The van der Waals surface area contributed by atoms with Crippen molar-refractivity contribution in [3.63, 3.8) is 0 Å². The highest BCUT2D eigenvalue weighted by atomic mass is 16.1. The minimum atomic E-state index is -0.263. The van der Waals surface area contributed by atoms with Crippen molar-refractivity contribution >= 4 is 17.4 Å². The number of hydrazine groups is 1. The normalized spacial score (nSPS) is 10.4. The maximum Gasteiger partial charge on any atom is 0.255 e. The molecule has 0 aromatic carbocycles. The van der Waals surface area contributed by atoms with Crippen molar-refractivity contribution < 1.29 is 4.79 Å². The average molecular weight is 272 g/mol. The summed E-state index contributed by atoms with van der Waals surface area (Å²) in [6.07, 6.45) is 4.45. The monoisotopic (exact) mass is 272 g/mol. The molecule has 0 aliphatic rings. The molecule has 0 bridgehead atoms. The number of carbonyl (C=O) groups is 1. The van der Waals surface area contributed by atoms with Gasteiger partial charge in [-0.15, -0.1) is 0 Å². The van der Waals surface area contributed by atoms with Gasteiger partial charge in [0, 0.05) is 11.3 Å². The molecule has 2 aromatic rings. The Morgan fingerprint density at radius 1 is 1.25 bits per heavy atom. The molecular formula is C13H16N6O. The van der Waals surface area contributed by atoms with E-state index in [2.05, 4.69) is 25.7 Å². The summed E-state index contributed by atoms with van der Waals surface area (Å²) in [5.41, 5.74) is 4.26. The molecular weight excluding hydrogens is 256 g/mol. The fourth-order valence-corrected chi connectivity index (χ4v) is 1.62. The highest BCUT2D eigenvalue weighted by Gasteiger charge is 2.12. The predicted molar refractivity (Wildman–Crippen MR) is 76.1 cm³/mol. The Balaban J connectivity index is 2.27. The summed E-state index contributed by atoms with van der Waals surface area (Å²) in [6, 6.07) is 3.33. The molecule has 0 aliphatic heterocycles. The minimum Gasteiger partial charge on any atom is -0.319 e. The molecule has 20 heavy (non-hydrogen) atoms. The molecule has 7 nitrogen and oxygen atoms in total. The van der Waals surface area contributed by atoms with Crippen LogP contribution < -0.4 is 16.6 Å². The Morgan fingerprint density at radius 2 is 1.95 bits per heavy atom. The van der Waals surface area contributed by atoms with Gasteiger partial charge in [-0.3, -0.25) is 4.79 Å². The van der Waals surface area contributed by atoms with E-state index in [0.717, 1.165) is 5.69 Å². The van der Waals surface area contributed by atoms with Crippen molar-refractivity contribution in [3.05, 3.63) is 42.1 Å². The molecule has 4 N–H and O–H groups in total. The number of hydrogen-bond donors (Lipinski definition) is 3. The van der Waals surface area contributed by atoms with Crippen LogP contribution in [0.3, 0.4) is 0 Å². The van der Waals surface area contributed by atoms with Crippen LogP contribution in [-0.2, 0) is 0 Å². The second kappa shape index (κ2) is 6.07. The van der Waals surface area contributed by atoms with E-state index in [1.807, 2.05) is 13.8 Å². The predicted octanol–water partition coefficient (Wildman–Crippen LogP) is 1.53. The molecule has 2 aromatic heterocycles. The second-order valence-corrected chi connectivity index (χ2v) is 4.55. The SMILES string of the molecule is CC(C)c1cc(C(=O)Nc2cncnc2)cc(NN)n1. The third kappa shape index (κ3) is 3.27. The Morgan fingerprint density at radius 3 is 2.55 bits per heavy atom. The number of nitrogens with zero attached hydrogens (tertiary/aromatic N) is 3. The maximum absolute atomic E-state index is 12.2. The highest BCUT2D eigenvalue weighted by Crippen LogP contribution is 2.18. The fourth-order valence-electron chi connectivity index (χ4n) is 1.62. The van der Waals surface area contributed by atoms with Gasteiger partial charge in [0.05, 0.1) is 18.1 Å². The number of aromatic nitrogens is 3. The molecule has 104 valence electrons. The first-order chi connectivity index (χ1) is 9.60. The van der Waals surface area contributed by atoms with Crippen molar-refractivity contribution in [3.8, 4) is 0 Å². The van der Waals surface area contributed by atoms with Crippen molar-refractivity contribution in [2.24, 2.45) is 5.84 Å². The lowest BCUT2D eigenvalue weighted by Gasteiger charge is -2.11. The summed E-state index contributed by atoms with van der Waals surface area (Å²) >= 11 is 0. The number of amides is 1. The molecule has 7 heteroatoms. The van der Waals surface area contributed by atoms with Gasteiger partial charge in [-0.2, -0.15) is 0 Å². The molecule has 0 fully saturated rings. The summed E-state index contributed by atoms with van der Waals surface area (Å²) < 4.78 is 0. The van der Waals surface area contributed by atoms with E-state index >= 15 is 0 Å². The molecule has 0 aliphatic carbocycles. The zero-order chi connectivity index (χ0) is 14.5. The number of hydrogen-bond acceptors (Lipinski definition) is 6. The largest absolute Gasteiger partial charge is 0.319 e. The summed E-state index contributed by atoms with van der Waals surface area (Å²) in [4.78, 5) is 24.2. The number of carbonyl (C=O) groups excluding carboxylic acids is 1. The van der Waals surface area contributed by atoms with Crippen LogP contribution in [0, 0.1) is 0 Å². The van der Waals surface area contributed by atoms with Gasteiger partial charge in [0.25, 0.3) is 5.91 Å². The molecule has 0 saturated carbocycles. The first kappa shape index (κ1) is 13.9. The van der Waals surface area contributed by atoms with Gasteiger partial charge in [-0.25, -0.2) is 20.8 Å². The third-order valence-corrected chi connectivity index (χ3v) is 2.67. The molecule has 0 radical (unpaired) electrons. The lowest BCUT2D eigenvalue weighted by atomic mass is 10.1. The lowest BCUT2D eigenvalue weighted by Crippen LogP contribution is -2.16. The van der Waals surface area contributed by atoms with Crippen LogP contribution >= 0.6 is 0 Å². The summed E-state index contributed by atoms with van der Waals surface area (Å²) in [6.45, 7) is 3.99. The Kier molecular flexibility index (Phi) is 4.21. The summed E-state index contributed by atoms with van der Waals surface area (Å²) in [5.74, 6) is 5.75. The molecule has 0 saturated heterocycles. The van der Waals surface area contributed by atoms with Gasteiger partial charge in [0.2, 0.25) is 0 Å². The van der Waals surface area contributed by atoms with Crippen LogP contribution in [-0.4, -0.2) is 20.9 Å². The van der Waals surface area contributed by atoms with E-state index in [1.165, 1.54) is 18.7 Å². The first-order valence-electron chi connectivity index (χ1n) is 6.15. The van der Waals surface area contributed by atoms with Gasteiger partial charge < -0.3 is 10.7 Å². The van der Waals surface area contributed by atoms with Crippen LogP contribution in [0.5, 0.6) is 0 Å². The van der Waals surface area contributed by atoms with E-state index in [0.29, 0.717) is 17.1 Å². The van der Waals surface area contributed by atoms with Crippen molar-refractivity contribution in [1.82, 2.24) is 15.0 Å². The van der Waals surface area contributed by atoms with Gasteiger partial charge in [-0.1, -0.05) is 13.8 Å². The Labute approximate surface area is 116 Å². The fraction of sp³-hybridized carbons (Fsp3) is 0.231. The average Bonchev–Trinajstić information content (AvgIpc) is 2.47. The Bertz CT molecular complexity index is 599. The highest BCUT2D eigenvalue weighted by molar-refractivity contribution is 6.04. The third-order valence-electron chi connectivity index (χ3n) is 2.67. The second-order valence-electron chi connectivity index (χ2n) is 4.55. The number of anilines is 2.